The highest BCUT2D eigenvalue weighted by Gasteiger charge is 2.32. The molecule has 4 nitrogen and oxygen atoms in total. The summed E-state index contributed by atoms with van der Waals surface area (Å²) in [5.41, 5.74) is 1.93. The molecular formula is C14H23ClN2O2S. The smallest absolute Gasteiger partial charge is 0.252 e. The SMILES string of the molecule is COCC1(CNC(=O)c2cscc2C)CCNCC1.Cl. The number of ether oxygens (including phenoxy) is 1. The lowest BCUT2D eigenvalue weighted by Crippen LogP contribution is -2.47. The summed E-state index contributed by atoms with van der Waals surface area (Å²) >= 11 is 1.57. The molecule has 0 spiro atoms. The lowest BCUT2D eigenvalue weighted by molar-refractivity contribution is 0.0511. The molecule has 1 aliphatic rings. The van der Waals surface area contributed by atoms with E-state index in [1.54, 1.807) is 18.4 Å². The first-order valence-electron chi connectivity index (χ1n) is 6.67. The predicted molar refractivity (Wildman–Crippen MR) is 85.0 cm³/mol. The van der Waals surface area contributed by atoms with Crippen LogP contribution in [0.5, 0.6) is 0 Å². The van der Waals surface area contributed by atoms with Crippen LogP contribution in [-0.4, -0.2) is 39.3 Å². The standard InChI is InChI=1S/C14H22N2O2S.ClH/c1-11-7-19-8-12(11)13(17)16-9-14(10-18-2)3-5-15-6-4-14;/h7-8,15H,3-6,9-10H2,1-2H3,(H,16,17);1H. The third kappa shape index (κ3) is 4.19. The minimum absolute atomic E-state index is 0. The molecule has 0 unspecified atom stereocenters. The third-order valence-electron chi connectivity index (χ3n) is 3.84. The number of hydrogen-bond acceptors (Lipinski definition) is 4. The molecule has 0 saturated carbocycles. The first-order chi connectivity index (χ1) is 9.17. The molecule has 1 aromatic heterocycles. The van der Waals surface area contributed by atoms with Crippen molar-refractivity contribution in [3.8, 4) is 0 Å². The van der Waals surface area contributed by atoms with Gasteiger partial charge in [-0.25, -0.2) is 0 Å². The van der Waals surface area contributed by atoms with Crippen LogP contribution in [0.3, 0.4) is 0 Å². The molecule has 0 aromatic carbocycles. The van der Waals surface area contributed by atoms with Gasteiger partial charge in [0.2, 0.25) is 0 Å². The molecule has 0 bridgehead atoms. The zero-order valence-electron chi connectivity index (χ0n) is 12.0. The quantitative estimate of drug-likeness (QED) is 0.875. The minimum atomic E-state index is 0. The molecule has 0 atom stereocenters. The number of hydrogen-bond donors (Lipinski definition) is 2. The largest absolute Gasteiger partial charge is 0.384 e. The number of nitrogens with one attached hydrogen (secondary N) is 2. The Balaban J connectivity index is 0.00000200. The molecule has 2 heterocycles. The van der Waals surface area contributed by atoms with Gasteiger partial charge in [0, 0.05) is 24.4 Å². The van der Waals surface area contributed by atoms with Crippen LogP contribution in [0, 0.1) is 12.3 Å². The molecule has 0 aliphatic carbocycles. The molecule has 114 valence electrons. The van der Waals surface area contributed by atoms with E-state index in [0.717, 1.165) is 37.1 Å². The Morgan fingerprint density at radius 3 is 2.70 bits per heavy atom. The van der Waals surface area contributed by atoms with Crippen molar-refractivity contribution in [1.82, 2.24) is 10.6 Å². The number of halogens is 1. The van der Waals surface area contributed by atoms with Gasteiger partial charge in [-0.15, -0.1) is 12.4 Å². The Hall–Kier alpha value is -0.620. The van der Waals surface area contributed by atoms with Crippen LogP contribution in [0.2, 0.25) is 0 Å². The predicted octanol–water partition coefficient (Wildman–Crippen LogP) is 2.22. The molecule has 1 aromatic rings. The van der Waals surface area contributed by atoms with Crippen molar-refractivity contribution in [1.29, 1.82) is 0 Å². The van der Waals surface area contributed by atoms with Gasteiger partial charge in [0.25, 0.3) is 5.91 Å². The molecule has 1 aliphatic heterocycles. The first-order valence-corrected chi connectivity index (χ1v) is 7.62. The summed E-state index contributed by atoms with van der Waals surface area (Å²) in [6, 6.07) is 0. The van der Waals surface area contributed by atoms with Crippen LogP contribution in [0.4, 0.5) is 0 Å². The van der Waals surface area contributed by atoms with Crippen LogP contribution >= 0.6 is 23.7 Å². The van der Waals surface area contributed by atoms with E-state index in [1.807, 2.05) is 17.7 Å². The molecule has 0 radical (unpaired) electrons. The maximum absolute atomic E-state index is 12.2. The molecule has 1 amide bonds. The normalized spacial score (nSPS) is 17.3. The fourth-order valence-corrected chi connectivity index (χ4v) is 3.42. The van der Waals surface area contributed by atoms with Crippen LogP contribution in [0.1, 0.15) is 28.8 Å². The van der Waals surface area contributed by atoms with Crippen LogP contribution in [0.15, 0.2) is 10.8 Å². The maximum atomic E-state index is 12.2. The van der Waals surface area contributed by atoms with Crippen molar-refractivity contribution in [2.45, 2.75) is 19.8 Å². The number of carbonyl (C=O) groups is 1. The Morgan fingerprint density at radius 1 is 1.45 bits per heavy atom. The molecule has 6 heteroatoms. The average Bonchev–Trinajstić information content (AvgIpc) is 2.84. The molecule has 1 fully saturated rings. The van der Waals surface area contributed by atoms with Gasteiger partial charge < -0.3 is 15.4 Å². The van der Waals surface area contributed by atoms with Gasteiger partial charge in [-0.1, -0.05) is 0 Å². The highest BCUT2D eigenvalue weighted by atomic mass is 35.5. The van der Waals surface area contributed by atoms with Gasteiger partial charge in [-0.05, 0) is 43.8 Å². The summed E-state index contributed by atoms with van der Waals surface area (Å²) in [4.78, 5) is 12.2. The van der Waals surface area contributed by atoms with Crippen molar-refractivity contribution >= 4 is 29.7 Å². The Morgan fingerprint density at radius 2 is 2.15 bits per heavy atom. The number of carbonyl (C=O) groups excluding carboxylic acids is 1. The molecule has 2 N–H and O–H groups in total. The number of aryl methyl sites for hydroxylation is 1. The van der Waals surface area contributed by atoms with E-state index in [9.17, 15) is 4.79 Å². The number of thiophene rings is 1. The van der Waals surface area contributed by atoms with Gasteiger partial charge in [-0.3, -0.25) is 4.79 Å². The summed E-state index contributed by atoms with van der Waals surface area (Å²) in [6.45, 7) is 5.36. The topological polar surface area (TPSA) is 50.4 Å². The monoisotopic (exact) mass is 318 g/mol. The summed E-state index contributed by atoms with van der Waals surface area (Å²) in [5, 5.41) is 10.4. The zero-order valence-corrected chi connectivity index (χ0v) is 13.7. The molecule has 2 rings (SSSR count). The van der Waals surface area contributed by atoms with E-state index in [1.165, 1.54) is 0 Å². The van der Waals surface area contributed by atoms with E-state index in [2.05, 4.69) is 10.6 Å². The first kappa shape index (κ1) is 17.4. The van der Waals surface area contributed by atoms with Crippen molar-refractivity contribution in [3.63, 3.8) is 0 Å². The van der Waals surface area contributed by atoms with Crippen molar-refractivity contribution in [2.24, 2.45) is 5.41 Å². The van der Waals surface area contributed by atoms with Gasteiger partial charge in [0.15, 0.2) is 0 Å². The summed E-state index contributed by atoms with van der Waals surface area (Å²) in [7, 11) is 1.73. The van der Waals surface area contributed by atoms with Gasteiger partial charge in [0.1, 0.15) is 0 Å². The lowest BCUT2D eigenvalue weighted by Gasteiger charge is -2.37. The second-order valence-corrected chi connectivity index (χ2v) is 6.08. The van der Waals surface area contributed by atoms with Crippen LogP contribution < -0.4 is 10.6 Å². The van der Waals surface area contributed by atoms with E-state index in [-0.39, 0.29) is 23.7 Å². The van der Waals surface area contributed by atoms with E-state index >= 15 is 0 Å². The number of amides is 1. The zero-order chi connectivity index (χ0) is 13.7. The fourth-order valence-electron chi connectivity index (χ4n) is 2.59. The van der Waals surface area contributed by atoms with Crippen LogP contribution in [-0.2, 0) is 4.74 Å². The highest BCUT2D eigenvalue weighted by Crippen LogP contribution is 2.28. The number of piperidine rings is 1. The second-order valence-electron chi connectivity index (χ2n) is 5.33. The molecule has 20 heavy (non-hydrogen) atoms. The van der Waals surface area contributed by atoms with Crippen LogP contribution in [0.25, 0.3) is 0 Å². The van der Waals surface area contributed by atoms with E-state index < -0.39 is 0 Å². The van der Waals surface area contributed by atoms with Gasteiger partial charge in [-0.2, -0.15) is 11.3 Å². The third-order valence-corrected chi connectivity index (χ3v) is 4.70. The van der Waals surface area contributed by atoms with Gasteiger partial charge >= 0.3 is 0 Å². The van der Waals surface area contributed by atoms with Crippen molar-refractivity contribution in [3.05, 3.63) is 21.9 Å². The molecular weight excluding hydrogens is 296 g/mol. The van der Waals surface area contributed by atoms with Crippen molar-refractivity contribution in [2.75, 3.05) is 33.4 Å². The Kier molecular flexibility index (Phi) is 6.95. The lowest BCUT2D eigenvalue weighted by atomic mass is 9.79. The van der Waals surface area contributed by atoms with Crippen molar-refractivity contribution < 1.29 is 9.53 Å². The number of rotatable bonds is 5. The highest BCUT2D eigenvalue weighted by molar-refractivity contribution is 7.08. The minimum Gasteiger partial charge on any atom is -0.384 e. The average molecular weight is 319 g/mol. The second kappa shape index (κ2) is 7.98. The summed E-state index contributed by atoms with van der Waals surface area (Å²) in [6.07, 6.45) is 2.09. The number of methoxy groups -OCH3 is 1. The molecule has 1 saturated heterocycles. The Labute approximate surface area is 130 Å². The van der Waals surface area contributed by atoms with E-state index in [4.69, 9.17) is 4.74 Å². The fraction of sp³-hybridized carbons (Fsp3) is 0.643. The summed E-state index contributed by atoms with van der Waals surface area (Å²) in [5.74, 6) is 0.0350. The van der Waals surface area contributed by atoms with E-state index in [0.29, 0.717) is 13.2 Å². The van der Waals surface area contributed by atoms with Gasteiger partial charge in [0.05, 0.1) is 12.2 Å². The summed E-state index contributed by atoms with van der Waals surface area (Å²) < 4.78 is 5.35. The maximum Gasteiger partial charge on any atom is 0.252 e. The Bertz CT molecular complexity index is 425.